The predicted octanol–water partition coefficient (Wildman–Crippen LogP) is 2.64. The minimum absolute atomic E-state index is 0.125. The van der Waals surface area contributed by atoms with Crippen LogP contribution in [-0.4, -0.2) is 32.2 Å². The van der Waals surface area contributed by atoms with E-state index in [1.165, 1.54) is 0 Å². The molecule has 1 atom stereocenters. The van der Waals surface area contributed by atoms with Gasteiger partial charge in [-0.05, 0) is 6.42 Å². The van der Waals surface area contributed by atoms with E-state index < -0.39 is 34.0 Å². The summed E-state index contributed by atoms with van der Waals surface area (Å²) in [5, 5.41) is -5.68. The molecule has 0 N–H and O–H groups in total. The molecule has 114 valence electrons. The summed E-state index contributed by atoms with van der Waals surface area (Å²) >= 11 is 0. The van der Waals surface area contributed by atoms with Crippen molar-refractivity contribution in [2.45, 2.75) is 43.8 Å². The zero-order valence-electron chi connectivity index (χ0n) is 9.97. The Bertz CT molecular complexity index is 405. The fraction of sp³-hybridized carbons (Fsp3) is 0.889. The number of alkyl halides is 4. The fourth-order valence-corrected chi connectivity index (χ4v) is 1.67. The van der Waals surface area contributed by atoms with Crippen LogP contribution in [0.15, 0.2) is 0 Å². The predicted molar refractivity (Wildman–Crippen MR) is 55.0 cm³/mol. The highest BCUT2D eigenvalue weighted by Gasteiger charge is 2.73. The van der Waals surface area contributed by atoms with Crippen molar-refractivity contribution in [2.24, 2.45) is 0 Å². The third kappa shape index (κ3) is 4.29. The number of carbonyl (C=O) groups is 1. The van der Waals surface area contributed by atoms with E-state index in [1.54, 1.807) is 0 Å². The molecule has 0 aliphatic carbocycles. The van der Waals surface area contributed by atoms with Gasteiger partial charge in [-0.2, -0.15) is 21.6 Å². The van der Waals surface area contributed by atoms with Crippen LogP contribution in [0.4, 0.5) is 21.4 Å². The van der Waals surface area contributed by atoms with Gasteiger partial charge in [-0.3, -0.25) is 0 Å². The first-order valence-electron chi connectivity index (χ1n) is 5.35. The van der Waals surface area contributed by atoms with Gasteiger partial charge >= 0.3 is 27.4 Å². The number of halogens is 5. The molecule has 0 rings (SSSR count). The van der Waals surface area contributed by atoms with Crippen LogP contribution in [0.25, 0.3) is 0 Å². The first-order chi connectivity index (χ1) is 8.48. The summed E-state index contributed by atoms with van der Waals surface area (Å²) < 4.78 is 86.4. The van der Waals surface area contributed by atoms with Gasteiger partial charge in [-0.15, -0.1) is 3.89 Å². The minimum Gasteiger partial charge on any atom is -0.462 e. The van der Waals surface area contributed by atoms with Gasteiger partial charge in [0.25, 0.3) is 0 Å². The SMILES string of the molecule is CCCCCCOC(=O)[C@](F)(C(F)(F)F)S(=O)(=O)F. The lowest BCUT2D eigenvalue weighted by Gasteiger charge is -2.21. The van der Waals surface area contributed by atoms with Crippen LogP contribution >= 0.6 is 0 Å². The summed E-state index contributed by atoms with van der Waals surface area (Å²) in [6.07, 6.45) is -4.13. The van der Waals surface area contributed by atoms with E-state index in [2.05, 4.69) is 4.74 Å². The summed E-state index contributed by atoms with van der Waals surface area (Å²) in [4.78, 5) is 10.9. The highest BCUT2D eigenvalue weighted by atomic mass is 32.3. The summed E-state index contributed by atoms with van der Waals surface area (Å²) in [5.41, 5.74) is 0. The molecule has 0 aromatic rings. The topological polar surface area (TPSA) is 60.4 Å². The Labute approximate surface area is 107 Å². The summed E-state index contributed by atoms with van der Waals surface area (Å²) in [6, 6.07) is 0. The quantitative estimate of drug-likeness (QED) is 0.314. The van der Waals surface area contributed by atoms with Crippen LogP contribution < -0.4 is 0 Å². The monoisotopic (exact) mass is 312 g/mol. The highest BCUT2D eigenvalue weighted by molar-refractivity contribution is 7.88. The third-order valence-corrected chi connectivity index (χ3v) is 3.26. The molecule has 0 amide bonds. The van der Waals surface area contributed by atoms with E-state index in [1.807, 2.05) is 6.92 Å². The van der Waals surface area contributed by atoms with Crippen molar-refractivity contribution in [1.82, 2.24) is 0 Å². The molecule has 0 fully saturated rings. The lowest BCUT2D eigenvalue weighted by atomic mass is 10.2. The zero-order chi connectivity index (χ0) is 15.3. The first kappa shape index (κ1) is 18.1. The van der Waals surface area contributed by atoms with Gasteiger partial charge in [0.2, 0.25) is 0 Å². The Hall–Kier alpha value is -0.930. The normalized spacial score (nSPS) is 15.9. The Balaban J connectivity index is 4.80. The van der Waals surface area contributed by atoms with Gasteiger partial charge in [-0.1, -0.05) is 26.2 Å². The molecule has 4 nitrogen and oxygen atoms in total. The van der Waals surface area contributed by atoms with Crippen molar-refractivity contribution < 1.29 is 39.4 Å². The molecule has 0 bridgehead atoms. The van der Waals surface area contributed by atoms with Crippen molar-refractivity contribution in [2.75, 3.05) is 6.61 Å². The molecule has 0 spiro atoms. The van der Waals surface area contributed by atoms with Crippen molar-refractivity contribution in [3.63, 3.8) is 0 Å². The van der Waals surface area contributed by atoms with Crippen LogP contribution in [0.3, 0.4) is 0 Å². The molecule has 0 aromatic heterocycles. The third-order valence-electron chi connectivity index (χ3n) is 2.19. The van der Waals surface area contributed by atoms with E-state index in [9.17, 15) is 34.7 Å². The molecule has 10 heteroatoms. The number of hydrogen-bond donors (Lipinski definition) is 0. The Morgan fingerprint density at radius 3 is 2.00 bits per heavy atom. The second-order valence-corrected chi connectivity index (χ2v) is 5.17. The summed E-state index contributed by atoms with van der Waals surface area (Å²) in [5.74, 6) is -2.81. The van der Waals surface area contributed by atoms with Crippen molar-refractivity contribution in [3.05, 3.63) is 0 Å². The number of ether oxygens (including phenoxy) is 1. The van der Waals surface area contributed by atoms with Crippen LogP contribution in [0.1, 0.15) is 32.6 Å². The second-order valence-electron chi connectivity index (χ2n) is 3.73. The largest absolute Gasteiger partial charge is 0.462 e. The Morgan fingerprint density at radius 2 is 1.63 bits per heavy atom. The smallest absolute Gasteiger partial charge is 0.451 e. The average molecular weight is 312 g/mol. The van der Waals surface area contributed by atoms with Gasteiger partial charge in [0.05, 0.1) is 6.61 Å². The average Bonchev–Trinajstić information content (AvgIpc) is 2.24. The Kier molecular flexibility index (Phi) is 6.17. The number of hydrogen-bond acceptors (Lipinski definition) is 4. The molecule has 0 saturated carbocycles. The van der Waals surface area contributed by atoms with Crippen LogP contribution in [0, 0.1) is 0 Å². The number of unbranched alkanes of at least 4 members (excludes halogenated alkanes) is 3. The fourth-order valence-electron chi connectivity index (χ4n) is 1.14. The van der Waals surface area contributed by atoms with E-state index in [0.717, 1.165) is 6.42 Å². The zero-order valence-corrected chi connectivity index (χ0v) is 10.8. The molecule has 0 radical (unpaired) electrons. The second kappa shape index (κ2) is 6.49. The maximum Gasteiger partial charge on any atom is 0.451 e. The molecule has 0 aliphatic heterocycles. The number of esters is 1. The van der Waals surface area contributed by atoms with Crippen molar-refractivity contribution in [3.8, 4) is 0 Å². The van der Waals surface area contributed by atoms with E-state index in [0.29, 0.717) is 12.8 Å². The minimum atomic E-state index is -6.83. The van der Waals surface area contributed by atoms with Gasteiger partial charge in [-0.25, -0.2) is 9.18 Å². The lowest BCUT2D eigenvalue weighted by molar-refractivity contribution is -0.214. The van der Waals surface area contributed by atoms with Crippen LogP contribution in [-0.2, 0) is 19.8 Å². The van der Waals surface area contributed by atoms with Gasteiger partial charge in [0.1, 0.15) is 0 Å². The molecule has 19 heavy (non-hydrogen) atoms. The molecular weight excluding hydrogens is 299 g/mol. The molecule has 0 heterocycles. The van der Waals surface area contributed by atoms with Crippen molar-refractivity contribution in [1.29, 1.82) is 0 Å². The number of rotatable bonds is 7. The molecule has 0 aliphatic rings. The van der Waals surface area contributed by atoms with E-state index in [4.69, 9.17) is 0 Å². The van der Waals surface area contributed by atoms with E-state index >= 15 is 0 Å². The molecule has 0 aromatic carbocycles. The van der Waals surface area contributed by atoms with Crippen LogP contribution in [0.2, 0.25) is 0 Å². The number of carbonyl (C=O) groups excluding carboxylic acids is 1. The molecule has 0 saturated heterocycles. The standard InChI is InChI=1S/C9H13F5O4S/c1-2-3-4-5-6-18-7(15)8(10,9(11,12)13)19(14,16)17/h2-6H2,1H3/t8-/m1/s1. The lowest BCUT2D eigenvalue weighted by Crippen LogP contribution is -2.53. The van der Waals surface area contributed by atoms with Gasteiger partial charge in [0.15, 0.2) is 0 Å². The Morgan fingerprint density at radius 1 is 1.11 bits per heavy atom. The highest BCUT2D eigenvalue weighted by Crippen LogP contribution is 2.40. The maximum atomic E-state index is 13.2. The maximum absolute atomic E-state index is 13.2. The summed E-state index contributed by atoms with van der Waals surface area (Å²) in [6.45, 7) is 1.23. The molecular formula is C9H13F5O4S. The first-order valence-corrected chi connectivity index (χ1v) is 6.74. The molecule has 0 unspecified atom stereocenters. The van der Waals surface area contributed by atoms with Gasteiger partial charge < -0.3 is 4.74 Å². The van der Waals surface area contributed by atoms with Crippen molar-refractivity contribution >= 4 is 16.2 Å². The van der Waals surface area contributed by atoms with Gasteiger partial charge in [0, 0.05) is 0 Å². The summed E-state index contributed by atoms with van der Waals surface area (Å²) in [7, 11) is -6.83. The van der Waals surface area contributed by atoms with Crippen LogP contribution in [0.5, 0.6) is 0 Å². The van der Waals surface area contributed by atoms with E-state index in [-0.39, 0.29) is 6.42 Å².